The van der Waals surface area contributed by atoms with Crippen LogP contribution >= 0.6 is 0 Å². The van der Waals surface area contributed by atoms with Gasteiger partial charge >= 0.3 is 17.9 Å². The van der Waals surface area contributed by atoms with Gasteiger partial charge in [0.25, 0.3) is 0 Å². The molecule has 3 heterocycles. The molecule has 6 aliphatic rings. The number of rotatable bonds is 4. The molecule has 43 heavy (non-hydrogen) atoms. The van der Waals surface area contributed by atoms with Gasteiger partial charge in [0.1, 0.15) is 18.8 Å². The fraction of sp³-hybridized carbons (Fsp3) is 0.727. The summed E-state index contributed by atoms with van der Waals surface area (Å²) in [7, 11) is 0. The molecule has 3 aliphatic heterocycles. The summed E-state index contributed by atoms with van der Waals surface area (Å²) in [5.74, 6) is -2.34. The van der Waals surface area contributed by atoms with Gasteiger partial charge < -0.3 is 33.9 Å². The van der Waals surface area contributed by atoms with Crippen LogP contribution in [0, 0.1) is 34.0 Å². The predicted molar refractivity (Wildman–Crippen MR) is 152 cm³/mol. The SMILES string of the molecule is C/C=C(/C)C(=O)O[C@@H]1[C@@H]2OC[C@]3(C)[C@H](OC(C)=O)C[C@H](O)[C@@](C)([C@@H]23)[C@H]2C[C@H](O)O[C@H]3C[C@@H](C4=CCOC4=O)C(C)=C3[C@]12C. The zero-order valence-electron chi connectivity index (χ0n) is 26.0. The van der Waals surface area contributed by atoms with Gasteiger partial charge in [0.15, 0.2) is 6.29 Å². The normalized spacial score (nSPS) is 47.2. The van der Waals surface area contributed by atoms with Gasteiger partial charge in [-0.15, -0.1) is 0 Å². The Morgan fingerprint density at radius 3 is 2.44 bits per heavy atom. The Morgan fingerprint density at radius 1 is 1.09 bits per heavy atom. The molecule has 0 bridgehead atoms. The van der Waals surface area contributed by atoms with E-state index in [0.717, 1.165) is 11.1 Å². The van der Waals surface area contributed by atoms with Crippen LogP contribution in [0.15, 0.2) is 34.4 Å². The van der Waals surface area contributed by atoms with Gasteiger partial charge in [0.2, 0.25) is 0 Å². The average Bonchev–Trinajstić information content (AvgIpc) is 3.60. The van der Waals surface area contributed by atoms with E-state index in [2.05, 4.69) is 0 Å². The third kappa shape index (κ3) is 4.16. The molecular weight excluding hydrogens is 556 g/mol. The van der Waals surface area contributed by atoms with Crippen LogP contribution in [0.2, 0.25) is 0 Å². The predicted octanol–water partition coefficient (Wildman–Crippen LogP) is 3.15. The molecule has 0 aromatic carbocycles. The van der Waals surface area contributed by atoms with E-state index >= 15 is 0 Å². The standard InChI is InChI=1S/C33H44O10/c1-8-15(2)29(37)43-28-26-27-31(5,14-40-26)23(41-17(4)34)13-22(35)32(27,6)21-12-24(36)42-20-11-19(18-9-10-39-30(18)38)16(3)25(20)33(21,28)7/h8-9,19-24,26-28,35-36H,10-14H2,1-7H3/b15-8-/t19-,20+,21-,22+,23-,24-,26-,27+,28-,31-,32+,33-/m1/s1. The molecule has 0 aromatic rings. The molecule has 10 nitrogen and oxygen atoms in total. The van der Waals surface area contributed by atoms with Crippen molar-refractivity contribution in [3.05, 3.63) is 34.4 Å². The maximum Gasteiger partial charge on any atom is 0.334 e. The largest absolute Gasteiger partial charge is 0.462 e. The molecular formula is C33H44O10. The van der Waals surface area contributed by atoms with E-state index in [4.69, 9.17) is 23.7 Å². The van der Waals surface area contributed by atoms with Crippen LogP contribution < -0.4 is 0 Å². The summed E-state index contributed by atoms with van der Waals surface area (Å²) < 4.78 is 30.5. The highest BCUT2D eigenvalue weighted by Crippen LogP contribution is 2.72. The summed E-state index contributed by atoms with van der Waals surface area (Å²) in [6.07, 6.45) is -0.304. The van der Waals surface area contributed by atoms with Crippen molar-refractivity contribution in [3.8, 4) is 0 Å². The zero-order valence-corrected chi connectivity index (χ0v) is 26.0. The van der Waals surface area contributed by atoms with Gasteiger partial charge in [-0.3, -0.25) is 4.79 Å². The lowest BCUT2D eigenvalue weighted by Crippen LogP contribution is -2.72. The number of esters is 3. The summed E-state index contributed by atoms with van der Waals surface area (Å²) in [5.41, 5.74) is 0.365. The number of cyclic esters (lactones) is 1. The molecule has 236 valence electrons. The van der Waals surface area contributed by atoms with Crippen LogP contribution in [0.25, 0.3) is 0 Å². The molecule has 10 heteroatoms. The number of aliphatic hydroxyl groups is 2. The summed E-state index contributed by atoms with van der Waals surface area (Å²) in [4.78, 5) is 38.4. The zero-order chi connectivity index (χ0) is 31.2. The quantitative estimate of drug-likeness (QED) is 0.214. The lowest BCUT2D eigenvalue weighted by molar-refractivity contribution is -0.258. The second-order valence-electron chi connectivity index (χ2n) is 14.1. The first-order valence-electron chi connectivity index (χ1n) is 15.4. The molecule has 0 aromatic heterocycles. The van der Waals surface area contributed by atoms with Crippen LogP contribution in [-0.2, 0) is 38.1 Å². The van der Waals surface area contributed by atoms with Crippen molar-refractivity contribution in [3.63, 3.8) is 0 Å². The molecule has 0 amide bonds. The third-order valence-corrected chi connectivity index (χ3v) is 12.0. The van der Waals surface area contributed by atoms with Crippen molar-refractivity contribution in [2.45, 2.75) is 105 Å². The van der Waals surface area contributed by atoms with Crippen LogP contribution in [0.5, 0.6) is 0 Å². The summed E-state index contributed by atoms with van der Waals surface area (Å²) in [5, 5.41) is 23.4. The molecule has 2 saturated heterocycles. The molecule has 3 aliphatic carbocycles. The first kappa shape index (κ1) is 30.5. The molecule has 2 N–H and O–H groups in total. The van der Waals surface area contributed by atoms with E-state index in [9.17, 15) is 24.6 Å². The Morgan fingerprint density at radius 2 is 1.81 bits per heavy atom. The van der Waals surface area contributed by atoms with E-state index in [1.165, 1.54) is 6.92 Å². The lowest BCUT2D eigenvalue weighted by Gasteiger charge is -2.66. The number of carbonyl (C=O) groups is 3. The van der Waals surface area contributed by atoms with Crippen LogP contribution in [0.4, 0.5) is 0 Å². The number of carbonyl (C=O) groups excluding carboxylic acids is 3. The fourth-order valence-corrected chi connectivity index (χ4v) is 10.1. The first-order chi connectivity index (χ1) is 20.2. The number of aliphatic hydroxyl groups excluding tert-OH is 2. The van der Waals surface area contributed by atoms with Crippen molar-refractivity contribution in [2.75, 3.05) is 13.2 Å². The molecule has 12 atom stereocenters. The second-order valence-corrected chi connectivity index (χ2v) is 14.1. The molecule has 0 spiro atoms. The highest BCUT2D eigenvalue weighted by molar-refractivity contribution is 5.92. The van der Waals surface area contributed by atoms with Gasteiger partial charge in [-0.2, -0.15) is 0 Å². The highest BCUT2D eigenvalue weighted by Gasteiger charge is 2.77. The Labute approximate surface area is 252 Å². The third-order valence-electron chi connectivity index (χ3n) is 12.0. The Kier molecular flexibility index (Phi) is 7.27. The maximum absolute atomic E-state index is 13.5. The molecule has 4 fully saturated rings. The van der Waals surface area contributed by atoms with E-state index in [1.807, 2.05) is 27.7 Å². The van der Waals surface area contributed by atoms with Crippen molar-refractivity contribution in [2.24, 2.45) is 34.0 Å². The van der Waals surface area contributed by atoms with Crippen LogP contribution in [0.1, 0.15) is 67.7 Å². The van der Waals surface area contributed by atoms with Gasteiger partial charge in [-0.1, -0.05) is 32.4 Å². The van der Waals surface area contributed by atoms with Crippen molar-refractivity contribution >= 4 is 17.9 Å². The smallest absolute Gasteiger partial charge is 0.334 e. The fourth-order valence-electron chi connectivity index (χ4n) is 10.1. The summed E-state index contributed by atoms with van der Waals surface area (Å²) in [6, 6.07) is 0. The van der Waals surface area contributed by atoms with Crippen molar-refractivity contribution in [1.29, 1.82) is 0 Å². The number of fused-ring (bicyclic) bond motifs is 4. The Balaban J connectivity index is 1.57. The lowest BCUT2D eigenvalue weighted by atomic mass is 9.39. The second kappa shape index (κ2) is 10.3. The minimum Gasteiger partial charge on any atom is -0.462 e. The molecule has 6 rings (SSSR count). The van der Waals surface area contributed by atoms with Gasteiger partial charge in [0.05, 0.1) is 24.9 Å². The minimum atomic E-state index is -1.16. The van der Waals surface area contributed by atoms with E-state index in [0.29, 0.717) is 17.6 Å². The van der Waals surface area contributed by atoms with Crippen molar-refractivity contribution in [1.82, 2.24) is 0 Å². The first-order valence-corrected chi connectivity index (χ1v) is 15.4. The van der Waals surface area contributed by atoms with Gasteiger partial charge in [0, 0.05) is 59.0 Å². The minimum absolute atomic E-state index is 0.195. The monoisotopic (exact) mass is 600 g/mol. The number of ether oxygens (including phenoxy) is 5. The average molecular weight is 601 g/mol. The Hall–Kier alpha value is -2.53. The van der Waals surface area contributed by atoms with E-state index in [-0.39, 0.29) is 43.9 Å². The summed E-state index contributed by atoms with van der Waals surface area (Å²) in [6.45, 7) is 13.4. The van der Waals surface area contributed by atoms with E-state index in [1.54, 1.807) is 26.0 Å². The number of hydrogen-bond acceptors (Lipinski definition) is 10. The molecule has 0 radical (unpaired) electrons. The number of hydrogen-bond donors (Lipinski definition) is 2. The molecule has 2 saturated carbocycles. The topological polar surface area (TPSA) is 138 Å². The van der Waals surface area contributed by atoms with E-state index < -0.39 is 70.9 Å². The highest BCUT2D eigenvalue weighted by atomic mass is 16.6. The van der Waals surface area contributed by atoms with Gasteiger partial charge in [-0.25, -0.2) is 9.59 Å². The van der Waals surface area contributed by atoms with Crippen LogP contribution in [0.3, 0.4) is 0 Å². The Bertz CT molecular complexity index is 1330. The molecule has 0 unspecified atom stereocenters. The van der Waals surface area contributed by atoms with Crippen LogP contribution in [-0.4, -0.2) is 78.1 Å². The number of allylic oxidation sites excluding steroid dienone is 2. The maximum atomic E-state index is 13.5. The summed E-state index contributed by atoms with van der Waals surface area (Å²) >= 11 is 0. The van der Waals surface area contributed by atoms with Crippen molar-refractivity contribution < 1.29 is 48.3 Å². The van der Waals surface area contributed by atoms with Gasteiger partial charge in [-0.05, 0) is 44.8 Å².